The van der Waals surface area contributed by atoms with Gasteiger partial charge in [-0.15, -0.1) is 0 Å². The molecule has 2 saturated heterocycles. The molecule has 13 heteroatoms. The van der Waals surface area contributed by atoms with Gasteiger partial charge in [-0.05, 0) is 46.3 Å². The number of carbonyl (C=O) groups excluding carboxylic acids is 2. The van der Waals surface area contributed by atoms with Crippen LogP contribution in [-0.2, 0) is 14.3 Å². The second kappa shape index (κ2) is 9.63. The predicted octanol–water partition coefficient (Wildman–Crippen LogP) is 3.28. The molecule has 2 aliphatic rings. The third-order valence-electron chi connectivity index (χ3n) is 4.83. The van der Waals surface area contributed by atoms with E-state index in [9.17, 15) is 14.8 Å². The van der Waals surface area contributed by atoms with Crippen molar-refractivity contribution in [1.29, 1.82) is 0 Å². The molecule has 0 aliphatic carbocycles. The van der Waals surface area contributed by atoms with Crippen molar-refractivity contribution in [2.45, 2.75) is 5.54 Å². The summed E-state index contributed by atoms with van der Waals surface area (Å²) in [6.45, 7) is 1.12. The minimum Gasteiger partial charge on any atom is -0.409 e. The van der Waals surface area contributed by atoms with Crippen molar-refractivity contribution in [3.63, 3.8) is 0 Å². The van der Waals surface area contributed by atoms with E-state index in [1.807, 2.05) is 0 Å². The van der Waals surface area contributed by atoms with E-state index in [0.29, 0.717) is 40.4 Å². The molecule has 10 nitrogen and oxygen atoms in total. The molecule has 0 unspecified atom stereocenters. The van der Waals surface area contributed by atoms with Crippen LogP contribution in [0.4, 0.5) is 16.2 Å². The number of anilines is 2. The van der Waals surface area contributed by atoms with E-state index in [-0.39, 0.29) is 19.8 Å². The van der Waals surface area contributed by atoms with Gasteiger partial charge >= 0.3 is 6.09 Å². The molecule has 2 amide bonds. The van der Waals surface area contributed by atoms with Gasteiger partial charge in [0.25, 0.3) is 5.91 Å². The first kappa shape index (κ1) is 22.8. The van der Waals surface area contributed by atoms with Gasteiger partial charge in [-0.3, -0.25) is 4.79 Å². The predicted molar refractivity (Wildman–Crippen MR) is 122 cm³/mol. The first-order valence-electron chi connectivity index (χ1n) is 9.40. The lowest BCUT2D eigenvalue weighted by Gasteiger charge is -2.39. The number of nitrogens with zero attached hydrogens (tertiary/aromatic N) is 2. The number of rotatable bonds is 5. The molecule has 2 aromatic rings. The highest BCUT2D eigenvalue weighted by molar-refractivity contribution is 9.11. The second-order valence-corrected chi connectivity index (χ2v) is 9.82. The Kier molecular flexibility index (Phi) is 6.86. The molecular weight excluding hydrogens is 528 g/mol. The van der Waals surface area contributed by atoms with Crippen molar-refractivity contribution in [2.75, 3.05) is 43.2 Å². The number of morpholine rings is 1. The summed E-state index contributed by atoms with van der Waals surface area (Å²) >= 11 is 11.0. The summed E-state index contributed by atoms with van der Waals surface area (Å²) in [5.74, 6) is -0.123. The second-order valence-electron chi connectivity index (χ2n) is 6.99. The van der Waals surface area contributed by atoms with Crippen molar-refractivity contribution in [3.8, 4) is 5.06 Å². The van der Waals surface area contributed by atoms with Crippen LogP contribution in [0.15, 0.2) is 39.3 Å². The van der Waals surface area contributed by atoms with E-state index in [4.69, 9.17) is 25.8 Å². The van der Waals surface area contributed by atoms with Crippen molar-refractivity contribution in [3.05, 3.63) is 39.1 Å². The van der Waals surface area contributed by atoms with Crippen molar-refractivity contribution >= 4 is 68.1 Å². The molecule has 0 spiro atoms. The van der Waals surface area contributed by atoms with Crippen LogP contribution in [0.3, 0.4) is 0 Å². The molecule has 0 bridgehead atoms. The number of halogens is 2. The molecule has 170 valence electrons. The molecule has 0 atom stereocenters. The number of thiophene rings is 1. The summed E-state index contributed by atoms with van der Waals surface area (Å²) in [5, 5.41) is 18.5. The third kappa shape index (κ3) is 4.84. The maximum absolute atomic E-state index is 12.9. The maximum Gasteiger partial charge on any atom is 0.414 e. The fraction of sp³-hybridized carbons (Fsp3) is 0.316. The highest BCUT2D eigenvalue weighted by Crippen LogP contribution is 2.31. The summed E-state index contributed by atoms with van der Waals surface area (Å²) < 4.78 is 16.5. The molecule has 3 heterocycles. The van der Waals surface area contributed by atoms with Gasteiger partial charge < -0.3 is 35.0 Å². The average Bonchev–Trinajstić information content (AvgIpc) is 3.15. The lowest BCUT2D eigenvalue weighted by molar-refractivity contribution is -0.141. The number of benzene rings is 1. The number of amidine groups is 1. The van der Waals surface area contributed by atoms with Crippen molar-refractivity contribution in [2.24, 2.45) is 5.16 Å². The molecule has 3 N–H and O–H groups in total. The average molecular weight is 546 g/mol. The lowest BCUT2D eigenvalue weighted by atomic mass is 9.96. The normalized spacial score (nSPS) is 18.7. The molecule has 2 fully saturated rings. The largest absolute Gasteiger partial charge is 0.414 e. The van der Waals surface area contributed by atoms with Crippen LogP contribution < -0.4 is 20.3 Å². The Balaban J connectivity index is 1.43. The van der Waals surface area contributed by atoms with Crippen LogP contribution in [0.5, 0.6) is 5.06 Å². The van der Waals surface area contributed by atoms with E-state index in [1.165, 1.54) is 11.3 Å². The summed E-state index contributed by atoms with van der Waals surface area (Å²) in [5.41, 5.74) is -0.202. The Hall–Kier alpha value is -2.38. The quantitative estimate of drug-likeness (QED) is 0.389. The third-order valence-corrected chi connectivity index (χ3v) is 6.63. The first-order valence-corrected chi connectivity index (χ1v) is 11.4. The van der Waals surface area contributed by atoms with Crippen LogP contribution in [-0.4, -0.2) is 61.6 Å². The Bertz CT molecular complexity index is 1060. The molecule has 2 aliphatic heterocycles. The number of hydrogen-bond acceptors (Lipinski definition) is 8. The van der Waals surface area contributed by atoms with Gasteiger partial charge in [0.05, 0.1) is 34.3 Å². The highest BCUT2D eigenvalue weighted by atomic mass is 79.9. The van der Waals surface area contributed by atoms with Crippen LogP contribution in [0.2, 0.25) is 5.02 Å². The highest BCUT2D eigenvalue weighted by Gasteiger charge is 2.48. The Morgan fingerprint density at radius 2 is 2.09 bits per heavy atom. The topological polar surface area (TPSA) is 122 Å². The van der Waals surface area contributed by atoms with Crippen molar-refractivity contribution < 1.29 is 29.0 Å². The number of amides is 2. The zero-order chi connectivity index (χ0) is 22.7. The number of ether oxygens (including phenoxy) is 3. The van der Waals surface area contributed by atoms with E-state index in [0.717, 1.165) is 3.79 Å². The zero-order valence-corrected chi connectivity index (χ0v) is 19.6. The van der Waals surface area contributed by atoms with Gasteiger partial charge in [-0.1, -0.05) is 28.1 Å². The Labute approximate surface area is 200 Å². The lowest BCUT2D eigenvalue weighted by Crippen LogP contribution is -2.69. The number of oxime groups is 1. The minimum absolute atomic E-state index is 0.0119. The van der Waals surface area contributed by atoms with Gasteiger partial charge in [0.1, 0.15) is 6.61 Å². The zero-order valence-electron chi connectivity index (χ0n) is 16.5. The fourth-order valence-corrected chi connectivity index (χ4v) is 4.63. The summed E-state index contributed by atoms with van der Waals surface area (Å²) in [6, 6.07) is 8.34. The summed E-state index contributed by atoms with van der Waals surface area (Å²) in [7, 11) is 0. The van der Waals surface area contributed by atoms with Crippen LogP contribution in [0.1, 0.15) is 0 Å². The van der Waals surface area contributed by atoms with Gasteiger partial charge in [-0.2, -0.15) is 0 Å². The SMILES string of the molecule is O=C(NC1(C(=O)Nc2ccc(N3CCOCC3=NO)c(Cl)c2)COC1)Oc1ccc(Br)s1. The monoisotopic (exact) mass is 544 g/mol. The molecular formula is C19H18BrClN4O6S. The standard InChI is InChI=1S/C19H18BrClN4O6S/c20-14-3-4-16(32-14)31-18(27)23-19(9-30-10-19)17(26)22-11-1-2-13(12(21)7-11)25-5-6-29-8-15(25)24-28/h1-4,7,28H,5-6,8-10H2,(H,22,26)(H,23,27). The Morgan fingerprint density at radius 3 is 2.72 bits per heavy atom. The number of hydrogen-bond donors (Lipinski definition) is 3. The smallest absolute Gasteiger partial charge is 0.409 e. The molecule has 32 heavy (non-hydrogen) atoms. The summed E-state index contributed by atoms with van der Waals surface area (Å²) in [4.78, 5) is 26.9. The van der Waals surface area contributed by atoms with E-state index >= 15 is 0 Å². The van der Waals surface area contributed by atoms with Gasteiger partial charge in [0.2, 0.25) is 0 Å². The fourth-order valence-electron chi connectivity index (χ4n) is 3.15. The molecule has 1 aromatic carbocycles. The van der Waals surface area contributed by atoms with Crippen LogP contribution in [0, 0.1) is 0 Å². The molecule has 0 saturated carbocycles. The Morgan fingerprint density at radius 1 is 1.28 bits per heavy atom. The van der Waals surface area contributed by atoms with Crippen molar-refractivity contribution in [1.82, 2.24) is 5.32 Å². The van der Waals surface area contributed by atoms with Gasteiger partial charge in [0.15, 0.2) is 16.4 Å². The first-order chi connectivity index (χ1) is 15.4. The van der Waals surface area contributed by atoms with E-state index in [1.54, 1.807) is 35.2 Å². The maximum atomic E-state index is 12.9. The minimum atomic E-state index is -1.25. The molecule has 4 rings (SSSR count). The van der Waals surface area contributed by atoms with E-state index < -0.39 is 17.5 Å². The van der Waals surface area contributed by atoms with Gasteiger partial charge in [-0.25, -0.2) is 4.79 Å². The molecule has 0 radical (unpaired) electrons. The number of nitrogens with one attached hydrogen (secondary N) is 2. The molecule has 1 aromatic heterocycles. The summed E-state index contributed by atoms with van der Waals surface area (Å²) in [6.07, 6.45) is -0.755. The van der Waals surface area contributed by atoms with E-state index in [2.05, 4.69) is 31.7 Å². The van der Waals surface area contributed by atoms with Crippen LogP contribution >= 0.6 is 38.9 Å². The van der Waals surface area contributed by atoms with Gasteiger partial charge in [0, 0.05) is 12.2 Å². The number of carbonyl (C=O) groups is 2. The van der Waals surface area contributed by atoms with Crippen LogP contribution in [0.25, 0.3) is 0 Å².